The second kappa shape index (κ2) is 8.97. The molecule has 134 valence electrons. The van der Waals surface area contributed by atoms with E-state index in [1.807, 2.05) is 17.2 Å². The molecule has 1 aliphatic rings. The number of carbonyl (C=O) groups is 1. The fourth-order valence-corrected chi connectivity index (χ4v) is 3.39. The van der Waals surface area contributed by atoms with Gasteiger partial charge >= 0.3 is 0 Å². The first-order valence-electron chi connectivity index (χ1n) is 8.61. The Kier molecular flexibility index (Phi) is 6.97. The Morgan fingerprint density at radius 1 is 1.32 bits per heavy atom. The molecule has 0 saturated carbocycles. The summed E-state index contributed by atoms with van der Waals surface area (Å²) in [6, 6.07) is 10.5. The molecule has 1 unspecified atom stereocenters. The molecular formula is C20H26ClN3O. The van der Waals surface area contributed by atoms with Crippen molar-refractivity contribution in [2.75, 3.05) is 19.6 Å². The number of nitrogens with one attached hydrogen (secondary N) is 1. The van der Waals surface area contributed by atoms with E-state index in [1.165, 1.54) is 16.7 Å². The van der Waals surface area contributed by atoms with E-state index in [0.717, 1.165) is 31.6 Å². The van der Waals surface area contributed by atoms with Gasteiger partial charge in [-0.15, -0.1) is 12.4 Å². The number of piperazine rings is 1. The molecule has 25 heavy (non-hydrogen) atoms. The molecule has 5 heteroatoms. The summed E-state index contributed by atoms with van der Waals surface area (Å²) in [5, 5.41) is 3.39. The Morgan fingerprint density at radius 2 is 2.16 bits per heavy atom. The van der Waals surface area contributed by atoms with Crippen LogP contribution in [0.3, 0.4) is 0 Å². The van der Waals surface area contributed by atoms with Crippen molar-refractivity contribution in [3.05, 3.63) is 65.0 Å². The minimum absolute atomic E-state index is 0. The third-order valence-electron chi connectivity index (χ3n) is 4.74. The maximum atomic E-state index is 12.8. The summed E-state index contributed by atoms with van der Waals surface area (Å²) in [5.41, 5.74) is 4.90. The molecule has 2 aromatic rings. The van der Waals surface area contributed by atoms with Gasteiger partial charge in [-0.05, 0) is 43.0 Å². The number of hydrogen-bond acceptors (Lipinski definition) is 3. The van der Waals surface area contributed by atoms with Crippen molar-refractivity contribution in [2.45, 2.75) is 32.7 Å². The molecule has 0 spiro atoms. The van der Waals surface area contributed by atoms with E-state index in [1.54, 1.807) is 6.20 Å². The average molecular weight is 360 g/mol. The average Bonchev–Trinajstić information content (AvgIpc) is 2.61. The fraction of sp³-hybridized carbons (Fsp3) is 0.400. The highest BCUT2D eigenvalue weighted by Gasteiger charge is 2.27. The number of aromatic nitrogens is 1. The molecule has 1 atom stereocenters. The van der Waals surface area contributed by atoms with E-state index in [2.05, 4.69) is 48.4 Å². The quantitative estimate of drug-likeness (QED) is 0.911. The highest BCUT2D eigenvalue weighted by atomic mass is 35.5. The van der Waals surface area contributed by atoms with Crippen molar-refractivity contribution in [3.63, 3.8) is 0 Å². The molecular weight excluding hydrogens is 334 g/mol. The summed E-state index contributed by atoms with van der Waals surface area (Å²) >= 11 is 0. The molecule has 4 nitrogen and oxygen atoms in total. The number of aryl methyl sites for hydroxylation is 3. The van der Waals surface area contributed by atoms with E-state index >= 15 is 0 Å². The van der Waals surface area contributed by atoms with Crippen LogP contribution in [0.2, 0.25) is 0 Å². The second-order valence-electron chi connectivity index (χ2n) is 6.52. The number of benzene rings is 1. The highest BCUT2D eigenvalue weighted by molar-refractivity contribution is 5.85. The van der Waals surface area contributed by atoms with Gasteiger partial charge in [-0.2, -0.15) is 0 Å². The first-order valence-corrected chi connectivity index (χ1v) is 8.61. The van der Waals surface area contributed by atoms with Gasteiger partial charge in [-0.1, -0.05) is 29.8 Å². The van der Waals surface area contributed by atoms with Crippen LogP contribution in [0.5, 0.6) is 0 Å². The number of pyridine rings is 1. The highest BCUT2D eigenvalue weighted by Crippen LogP contribution is 2.23. The summed E-state index contributed by atoms with van der Waals surface area (Å²) in [4.78, 5) is 19.0. The number of nitrogens with zero attached hydrogens (tertiary/aromatic N) is 2. The zero-order valence-electron chi connectivity index (χ0n) is 14.9. The van der Waals surface area contributed by atoms with Crippen LogP contribution in [0.4, 0.5) is 0 Å². The van der Waals surface area contributed by atoms with Gasteiger partial charge in [0.25, 0.3) is 0 Å². The smallest absolute Gasteiger partial charge is 0.223 e. The maximum Gasteiger partial charge on any atom is 0.223 e. The SMILES string of the molecule is Cc1ccc(CCC(=O)N2CCNCC2c2cccnc2)c(C)c1.Cl. The normalized spacial score (nSPS) is 17.0. The predicted octanol–water partition coefficient (Wildman–Crippen LogP) is 3.23. The second-order valence-corrected chi connectivity index (χ2v) is 6.52. The molecule has 1 N–H and O–H groups in total. The lowest BCUT2D eigenvalue weighted by atomic mass is 10.00. The number of rotatable bonds is 4. The molecule has 1 aliphatic heterocycles. The van der Waals surface area contributed by atoms with E-state index in [-0.39, 0.29) is 24.4 Å². The minimum Gasteiger partial charge on any atom is -0.333 e. The van der Waals surface area contributed by atoms with E-state index in [9.17, 15) is 4.79 Å². The third-order valence-corrected chi connectivity index (χ3v) is 4.74. The van der Waals surface area contributed by atoms with Gasteiger partial charge in [-0.25, -0.2) is 0 Å². The third kappa shape index (κ3) is 4.80. The monoisotopic (exact) mass is 359 g/mol. The van der Waals surface area contributed by atoms with Gasteiger partial charge < -0.3 is 10.2 Å². The lowest BCUT2D eigenvalue weighted by molar-refractivity contribution is -0.134. The van der Waals surface area contributed by atoms with Crippen molar-refractivity contribution in [3.8, 4) is 0 Å². The molecule has 0 radical (unpaired) electrons. The molecule has 3 rings (SSSR count). The first-order chi connectivity index (χ1) is 11.6. The zero-order valence-corrected chi connectivity index (χ0v) is 15.7. The van der Waals surface area contributed by atoms with Gasteiger partial charge in [0.2, 0.25) is 5.91 Å². The van der Waals surface area contributed by atoms with E-state index in [4.69, 9.17) is 0 Å². The molecule has 1 aromatic carbocycles. The maximum absolute atomic E-state index is 12.8. The molecule has 1 amide bonds. The number of amides is 1. The van der Waals surface area contributed by atoms with Crippen LogP contribution in [-0.4, -0.2) is 35.4 Å². The van der Waals surface area contributed by atoms with Crippen molar-refractivity contribution < 1.29 is 4.79 Å². The summed E-state index contributed by atoms with van der Waals surface area (Å²) < 4.78 is 0. The Balaban J connectivity index is 0.00000225. The molecule has 0 aliphatic carbocycles. The lowest BCUT2D eigenvalue weighted by Gasteiger charge is -2.36. The van der Waals surface area contributed by atoms with Crippen LogP contribution in [0.15, 0.2) is 42.7 Å². The number of hydrogen-bond donors (Lipinski definition) is 1. The van der Waals surface area contributed by atoms with Crippen LogP contribution in [0.1, 0.15) is 34.7 Å². The lowest BCUT2D eigenvalue weighted by Crippen LogP contribution is -2.48. The number of carbonyl (C=O) groups excluding carboxylic acids is 1. The molecule has 1 aromatic heterocycles. The Bertz CT molecular complexity index is 705. The zero-order chi connectivity index (χ0) is 16.9. The Morgan fingerprint density at radius 3 is 2.88 bits per heavy atom. The van der Waals surface area contributed by atoms with Gasteiger partial charge in [0.15, 0.2) is 0 Å². The van der Waals surface area contributed by atoms with Crippen LogP contribution in [-0.2, 0) is 11.2 Å². The van der Waals surface area contributed by atoms with Gasteiger partial charge in [0.1, 0.15) is 0 Å². The van der Waals surface area contributed by atoms with Crippen LogP contribution >= 0.6 is 12.4 Å². The van der Waals surface area contributed by atoms with Crippen molar-refractivity contribution in [1.29, 1.82) is 0 Å². The Labute approximate surface area is 156 Å². The Hall–Kier alpha value is -1.91. The summed E-state index contributed by atoms with van der Waals surface area (Å²) in [5.74, 6) is 0.227. The van der Waals surface area contributed by atoms with Crippen LogP contribution < -0.4 is 5.32 Å². The molecule has 1 fully saturated rings. The molecule has 0 bridgehead atoms. The van der Waals surface area contributed by atoms with Crippen LogP contribution in [0, 0.1) is 13.8 Å². The summed E-state index contributed by atoms with van der Waals surface area (Å²) in [6.07, 6.45) is 4.99. The van der Waals surface area contributed by atoms with Crippen LogP contribution in [0.25, 0.3) is 0 Å². The van der Waals surface area contributed by atoms with Gasteiger partial charge in [0.05, 0.1) is 6.04 Å². The largest absolute Gasteiger partial charge is 0.333 e. The minimum atomic E-state index is 0. The fourth-order valence-electron chi connectivity index (χ4n) is 3.39. The van der Waals surface area contributed by atoms with Gasteiger partial charge in [-0.3, -0.25) is 9.78 Å². The summed E-state index contributed by atoms with van der Waals surface area (Å²) in [7, 11) is 0. The van der Waals surface area contributed by atoms with Crippen molar-refractivity contribution >= 4 is 18.3 Å². The standard InChI is InChI=1S/C20H25N3O.ClH/c1-15-5-6-17(16(2)12-15)7-8-20(24)23-11-10-22-14-19(23)18-4-3-9-21-13-18;/h3-6,9,12-13,19,22H,7-8,10-11,14H2,1-2H3;1H. The van der Waals surface area contributed by atoms with E-state index < -0.39 is 0 Å². The molecule has 1 saturated heterocycles. The summed E-state index contributed by atoms with van der Waals surface area (Å²) in [6.45, 7) is 6.62. The number of halogens is 1. The van der Waals surface area contributed by atoms with Gasteiger partial charge in [0, 0.05) is 38.4 Å². The molecule has 2 heterocycles. The van der Waals surface area contributed by atoms with Crippen molar-refractivity contribution in [1.82, 2.24) is 15.2 Å². The topological polar surface area (TPSA) is 45.2 Å². The van der Waals surface area contributed by atoms with E-state index in [0.29, 0.717) is 6.42 Å². The predicted molar refractivity (Wildman–Crippen MR) is 103 cm³/mol. The first kappa shape index (κ1) is 19.4. The van der Waals surface area contributed by atoms with Crippen molar-refractivity contribution in [2.24, 2.45) is 0 Å².